The Hall–Kier alpha value is -2.62. The Balaban J connectivity index is 1.42. The molecule has 1 aliphatic heterocycles. The monoisotopic (exact) mass is 454 g/mol. The molecule has 31 heavy (non-hydrogen) atoms. The third-order valence-corrected chi connectivity index (χ3v) is 5.15. The number of nitrogens with one attached hydrogen (secondary N) is 2. The first-order valence-electron chi connectivity index (χ1n) is 9.67. The number of anilines is 2. The maximum Gasteiger partial charge on any atom is 0.416 e. The number of amides is 2. The molecular weight excluding hydrogens is 433 g/mol. The van der Waals surface area contributed by atoms with E-state index >= 15 is 0 Å². The summed E-state index contributed by atoms with van der Waals surface area (Å²) < 4.78 is 38.4. The molecule has 0 atom stereocenters. The Morgan fingerprint density at radius 1 is 0.871 bits per heavy atom. The first-order valence-corrected chi connectivity index (χ1v) is 10.0. The lowest BCUT2D eigenvalue weighted by atomic mass is 10.2. The zero-order valence-corrected chi connectivity index (χ0v) is 17.3. The van der Waals surface area contributed by atoms with Crippen molar-refractivity contribution in [3.8, 4) is 0 Å². The largest absolute Gasteiger partial charge is 0.416 e. The second-order valence-electron chi connectivity index (χ2n) is 7.21. The van der Waals surface area contributed by atoms with Gasteiger partial charge in [-0.3, -0.25) is 19.4 Å². The minimum absolute atomic E-state index is 0.0654. The average molecular weight is 455 g/mol. The number of nitrogens with zero attached hydrogens (tertiary/aromatic N) is 2. The van der Waals surface area contributed by atoms with E-state index < -0.39 is 11.7 Å². The van der Waals surface area contributed by atoms with Crippen molar-refractivity contribution >= 4 is 34.8 Å². The lowest BCUT2D eigenvalue weighted by Crippen LogP contribution is -2.50. The van der Waals surface area contributed by atoms with Gasteiger partial charge in [0.1, 0.15) is 0 Å². The SMILES string of the molecule is O=C(CN1CCN(CC(=O)Nc2ccccc2Cl)CC1)Nc1cccc(C(F)(F)F)c1. The van der Waals surface area contributed by atoms with E-state index in [4.69, 9.17) is 11.6 Å². The highest BCUT2D eigenvalue weighted by Crippen LogP contribution is 2.30. The van der Waals surface area contributed by atoms with Gasteiger partial charge in [-0.15, -0.1) is 0 Å². The van der Waals surface area contributed by atoms with Crippen LogP contribution in [-0.2, 0) is 15.8 Å². The molecule has 6 nitrogen and oxygen atoms in total. The number of para-hydroxylation sites is 1. The summed E-state index contributed by atoms with van der Waals surface area (Å²) in [7, 11) is 0. The Labute approximate surface area is 183 Å². The first-order chi connectivity index (χ1) is 14.7. The fourth-order valence-corrected chi connectivity index (χ4v) is 3.42. The lowest BCUT2D eigenvalue weighted by Gasteiger charge is -2.33. The summed E-state index contributed by atoms with van der Waals surface area (Å²) >= 11 is 6.04. The normalized spacial score (nSPS) is 15.5. The molecule has 1 saturated heterocycles. The summed E-state index contributed by atoms with van der Waals surface area (Å²) in [4.78, 5) is 28.3. The molecule has 0 aliphatic carbocycles. The van der Waals surface area contributed by atoms with Crippen LogP contribution in [0.15, 0.2) is 48.5 Å². The molecule has 3 rings (SSSR count). The molecular formula is C21H22ClF3N4O2. The predicted octanol–water partition coefficient (Wildman–Crippen LogP) is 3.55. The highest BCUT2D eigenvalue weighted by molar-refractivity contribution is 6.33. The van der Waals surface area contributed by atoms with Crippen LogP contribution in [0, 0.1) is 0 Å². The van der Waals surface area contributed by atoms with Gasteiger partial charge >= 0.3 is 6.18 Å². The van der Waals surface area contributed by atoms with Crippen molar-refractivity contribution in [3.05, 3.63) is 59.1 Å². The Morgan fingerprint density at radius 3 is 2.03 bits per heavy atom. The Kier molecular flexibility index (Phi) is 7.53. The van der Waals surface area contributed by atoms with Gasteiger partial charge in [0, 0.05) is 31.9 Å². The van der Waals surface area contributed by atoms with E-state index in [0.29, 0.717) is 36.9 Å². The molecule has 0 spiro atoms. The molecule has 0 aromatic heterocycles. The molecule has 0 unspecified atom stereocenters. The number of carbonyl (C=O) groups is 2. The van der Waals surface area contributed by atoms with Crippen molar-refractivity contribution in [1.82, 2.24) is 9.80 Å². The Morgan fingerprint density at radius 2 is 1.45 bits per heavy atom. The fourth-order valence-electron chi connectivity index (χ4n) is 3.24. The molecule has 0 bridgehead atoms. The third-order valence-electron chi connectivity index (χ3n) is 4.82. The molecule has 0 radical (unpaired) electrons. The van der Waals surface area contributed by atoms with Crippen LogP contribution in [0.4, 0.5) is 24.5 Å². The molecule has 10 heteroatoms. The fraction of sp³-hybridized carbons (Fsp3) is 0.333. The third kappa shape index (κ3) is 6.95. The number of benzene rings is 2. The van der Waals surface area contributed by atoms with Gasteiger partial charge in [0.2, 0.25) is 11.8 Å². The number of alkyl halides is 3. The molecule has 2 aromatic rings. The second-order valence-corrected chi connectivity index (χ2v) is 7.61. The van der Waals surface area contributed by atoms with Crippen LogP contribution in [-0.4, -0.2) is 60.9 Å². The van der Waals surface area contributed by atoms with Crippen LogP contribution in [0.2, 0.25) is 5.02 Å². The molecule has 2 aromatic carbocycles. The van der Waals surface area contributed by atoms with Crippen molar-refractivity contribution in [1.29, 1.82) is 0 Å². The second kappa shape index (κ2) is 10.1. The van der Waals surface area contributed by atoms with Crippen LogP contribution in [0.1, 0.15) is 5.56 Å². The summed E-state index contributed by atoms with van der Waals surface area (Å²) in [6.07, 6.45) is -4.46. The Bertz CT molecular complexity index is 931. The van der Waals surface area contributed by atoms with Gasteiger partial charge in [0.25, 0.3) is 0 Å². The summed E-state index contributed by atoms with van der Waals surface area (Å²) in [5.41, 5.74) is -0.150. The van der Waals surface area contributed by atoms with Crippen LogP contribution in [0.25, 0.3) is 0 Å². The summed E-state index contributed by atoms with van der Waals surface area (Å²) in [6.45, 7) is 2.58. The summed E-state index contributed by atoms with van der Waals surface area (Å²) in [6, 6.07) is 11.5. The van der Waals surface area contributed by atoms with E-state index in [1.54, 1.807) is 24.3 Å². The molecule has 2 amide bonds. The van der Waals surface area contributed by atoms with Gasteiger partial charge in [-0.05, 0) is 30.3 Å². The molecule has 1 aliphatic rings. The van der Waals surface area contributed by atoms with Gasteiger partial charge in [-0.25, -0.2) is 0 Å². The molecule has 0 saturated carbocycles. The van der Waals surface area contributed by atoms with Crippen molar-refractivity contribution in [3.63, 3.8) is 0 Å². The van der Waals surface area contributed by atoms with Gasteiger partial charge in [0.15, 0.2) is 0 Å². The maximum atomic E-state index is 12.8. The molecule has 1 heterocycles. The van der Waals surface area contributed by atoms with E-state index in [1.807, 2.05) is 9.80 Å². The number of piperazine rings is 1. The zero-order chi connectivity index (χ0) is 22.4. The zero-order valence-electron chi connectivity index (χ0n) is 16.6. The van der Waals surface area contributed by atoms with Crippen LogP contribution >= 0.6 is 11.6 Å². The molecule has 2 N–H and O–H groups in total. The van der Waals surface area contributed by atoms with E-state index in [0.717, 1.165) is 12.1 Å². The van der Waals surface area contributed by atoms with Gasteiger partial charge < -0.3 is 10.6 Å². The van der Waals surface area contributed by atoms with Crippen LogP contribution in [0.3, 0.4) is 0 Å². The van der Waals surface area contributed by atoms with E-state index in [2.05, 4.69) is 10.6 Å². The quantitative estimate of drug-likeness (QED) is 0.700. The standard InChI is InChI=1S/C21H22ClF3N4O2/c22-17-6-1-2-7-18(17)27-20(31)14-29-10-8-28(9-11-29)13-19(30)26-16-5-3-4-15(12-16)21(23,24)25/h1-7,12H,8-11,13-14H2,(H,26,30)(H,27,31). The van der Waals surface area contributed by atoms with Gasteiger partial charge in [-0.1, -0.05) is 29.8 Å². The topological polar surface area (TPSA) is 64.7 Å². The van der Waals surface area contributed by atoms with E-state index in [1.165, 1.54) is 12.1 Å². The summed E-state index contributed by atoms with van der Waals surface area (Å²) in [5.74, 6) is -0.562. The lowest BCUT2D eigenvalue weighted by molar-refractivity contribution is -0.137. The summed E-state index contributed by atoms with van der Waals surface area (Å²) in [5, 5.41) is 5.75. The highest BCUT2D eigenvalue weighted by Gasteiger charge is 2.30. The minimum atomic E-state index is -4.46. The number of halogens is 4. The van der Waals surface area contributed by atoms with Crippen molar-refractivity contribution in [2.24, 2.45) is 0 Å². The molecule has 1 fully saturated rings. The molecule has 166 valence electrons. The number of carbonyl (C=O) groups excluding carboxylic acids is 2. The van der Waals surface area contributed by atoms with Crippen molar-refractivity contribution < 1.29 is 22.8 Å². The van der Waals surface area contributed by atoms with Crippen molar-refractivity contribution in [2.75, 3.05) is 49.9 Å². The number of hydrogen-bond donors (Lipinski definition) is 2. The minimum Gasteiger partial charge on any atom is -0.325 e. The highest BCUT2D eigenvalue weighted by atomic mass is 35.5. The first kappa shape index (κ1) is 23.1. The smallest absolute Gasteiger partial charge is 0.325 e. The van der Waals surface area contributed by atoms with E-state index in [9.17, 15) is 22.8 Å². The van der Waals surface area contributed by atoms with Crippen molar-refractivity contribution in [2.45, 2.75) is 6.18 Å². The van der Waals surface area contributed by atoms with Crippen LogP contribution < -0.4 is 10.6 Å². The maximum absolute atomic E-state index is 12.8. The average Bonchev–Trinajstić information content (AvgIpc) is 2.71. The van der Waals surface area contributed by atoms with E-state index in [-0.39, 0.29) is 30.6 Å². The number of hydrogen-bond acceptors (Lipinski definition) is 4. The van der Waals surface area contributed by atoms with Gasteiger partial charge in [-0.2, -0.15) is 13.2 Å². The predicted molar refractivity (Wildman–Crippen MR) is 113 cm³/mol. The van der Waals surface area contributed by atoms with Crippen LogP contribution in [0.5, 0.6) is 0 Å². The van der Waals surface area contributed by atoms with Gasteiger partial charge in [0.05, 0.1) is 29.4 Å². The number of rotatable bonds is 6.